The predicted octanol–water partition coefficient (Wildman–Crippen LogP) is 3.81. The van der Waals surface area contributed by atoms with E-state index in [1.165, 1.54) is 36.4 Å². The quantitative estimate of drug-likeness (QED) is 0.564. The van der Waals surface area contributed by atoms with Crippen molar-refractivity contribution < 1.29 is 9.59 Å². The summed E-state index contributed by atoms with van der Waals surface area (Å²) in [6.07, 6.45) is 0. The topological polar surface area (TPSA) is 84.2 Å². The fourth-order valence-electron chi connectivity index (χ4n) is 1.61. The van der Waals surface area contributed by atoms with Crippen LogP contribution in [-0.2, 0) is 9.59 Å². The number of anilines is 3. The van der Waals surface area contributed by atoms with Crippen LogP contribution >= 0.6 is 34.8 Å². The number of halogens is 3. The predicted molar refractivity (Wildman–Crippen MR) is 89.6 cm³/mol. The Morgan fingerprint density at radius 3 is 1.91 bits per heavy atom. The van der Waals surface area contributed by atoms with Gasteiger partial charge in [-0.2, -0.15) is 0 Å². The van der Waals surface area contributed by atoms with Gasteiger partial charge in [0.1, 0.15) is 0 Å². The number of benzene rings is 2. The number of nitrogens with two attached hydrogens (primary N) is 1. The Bertz CT molecular complexity index is 730. The summed E-state index contributed by atoms with van der Waals surface area (Å²) in [5, 5.41) is 5.75. The summed E-state index contributed by atoms with van der Waals surface area (Å²) < 4.78 is 0. The lowest BCUT2D eigenvalue weighted by atomic mass is 10.2. The van der Waals surface area contributed by atoms with Crippen LogP contribution in [0.1, 0.15) is 0 Å². The highest BCUT2D eigenvalue weighted by Crippen LogP contribution is 2.23. The Labute approximate surface area is 141 Å². The lowest BCUT2D eigenvalue weighted by Crippen LogP contribution is -2.29. The van der Waals surface area contributed by atoms with Gasteiger partial charge in [0, 0.05) is 21.4 Å². The first-order valence-corrected chi connectivity index (χ1v) is 7.12. The van der Waals surface area contributed by atoms with Gasteiger partial charge in [-0.3, -0.25) is 9.59 Å². The van der Waals surface area contributed by atoms with Gasteiger partial charge in [-0.25, -0.2) is 0 Å². The number of hydrogen-bond acceptors (Lipinski definition) is 3. The van der Waals surface area contributed by atoms with Crippen molar-refractivity contribution in [2.45, 2.75) is 0 Å². The third-order valence-electron chi connectivity index (χ3n) is 2.58. The molecular weight excluding hydrogens is 349 g/mol. The maximum absolute atomic E-state index is 11.8. The number of nitrogen functional groups attached to an aromatic ring is 1. The van der Waals surface area contributed by atoms with E-state index >= 15 is 0 Å². The first-order chi connectivity index (χ1) is 10.3. The third kappa shape index (κ3) is 4.27. The van der Waals surface area contributed by atoms with Crippen LogP contribution in [0.4, 0.5) is 17.1 Å². The minimum absolute atomic E-state index is 0.278. The second-order valence-corrected chi connectivity index (χ2v) is 5.58. The lowest BCUT2D eigenvalue weighted by Gasteiger charge is -2.08. The molecule has 22 heavy (non-hydrogen) atoms. The summed E-state index contributed by atoms with van der Waals surface area (Å²) >= 11 is 17.5. The molecule has 2 aromatic rings. The maximum atomic E-state index is 11.8. The second kappa shape index (κ2) is 6.87. The van der Waals surface area contributed by atoms with Crippen molar-refractivity contribution in [1.82, 2.24) is 0 Å². The van der Waals surface area contributed by atoms with E-state index in [-0.39, 0.29) is 5.02 Å². The average molecular weight is 359 g/mol. The van der Waals surface area contributed by atoms with Gasteiger partial charge in [-0.05, 0) is 36.4 Å². The zero-order chi connectivity index (χ0) is 16.3. The summed E-state index contributed by atoms with van der Waals surface area (Å²) in [5.41, 5.74) is 6.60. The molecule has 0 heterocycles. The highest BCUT2D eigenvalue weighted by Gasteiger charge is 2.15. The average Bonchev–Trinajstić information content (AvgIpc) is 2.41. The molecule has 0 fully saturated rings. The minimum Gasteiger partial charge on any atom is -0.398 e. The zero-order valence-electron chi connectivity index (χ0n) is 11.0. The summed E-state index contributed by atoms with van der Waals surface area (Å²) in [6, 6.07) is 8.94. The summed E-state index contributed by atoms with van der Waals surface area (Å²) in [7, 11) is 0. The van der Waals surface area contributed by atoms with Crippen LogP contribution in [0.25, 0.3) is 0 Å². The van der Waals surface area contributed by atoms with Crippen LogP contribution in [0.2, 0.25) is 15.1 Å². The molecule has 4 N–H and O–H groups in total. The number of carbonyl (C=O) groups is 2. The molecule has 2 amide bonds. The molecule has 0 atom stereocenters. The van der Waals surface area contributed by atoms with E-state index in [0.717, 1.165) is 0 Å². The van der Waals surface area contributed by atoms with Gasteiger partial charge in [0.15, 0.2) is 0 Å². The van der Waals surface area contributed by atoms with Gasteiger partial charge >= 0.3 is 11.8 Å². The van der Waals surface area contributed by atoms with Gasteiger partial charge in [0.25, 0.3) is 0 Å². The largest absolute Gasteiger partial charge is 0.398 e. The van der Waals surface area contributed by atoms with Gasteiger partial charge in [-0.15, -0.1) is 0 Å². The molecule has 0 spiro atoms. The Hall–Kier alpha value is -1.95. The molecular formula is C14H10Cl3N3O2. The molecule has 0 aliphatic heterocycles. The first-order valence-electron chi connectivity index (χ1n) is 5.98. The van der Waals surface area contributed by atoms with Gasteiger partial charge in [-0.1, -0.05) is 34.8 Å². The Kier molecular flexibility index (Phi) is 5.13. The highest BCUT2D eigenvalue weighted by atomic mass is 35.5. The molecule has 0 radical (unpaired) electrons. The van der Waals surface area contributed by atoms with Crippen LogP contribution in [0.15, 0.2) is 36.4 Å². The van der Waals surface area contributed by atoms with E-state index in [9.17, 15) is 9.59 Å². The van der Waals surface area contributed by atoms with Gasteiger partial charge in [0.05, 0.1) is 10.7 Å². The molecule has 2 aromatic carbocycles. The van der Waals surface area contributed by atoms with Crippen molar-refractivity contribution in [3.05, 3.63) is 51.5 Å². The Morgan fingerprint density at radius 2 is 1.36 bits per heavy atom. The molecule has 0 saturated carbocycles. The number of hydrogen-bond donors (Lipinski definition) is 3. The normalized spacial score (nSPS) is 10.1. The van der Waals surface area contributed by atoms with Crippen molar-refractivity contribution in [3.63, 3.8) is 0 Å². The zero-order valence-corrected chi connectivity index (χ0v) is 13.3. The SMILES string of the molecule is Nc1ccc(NC(=O)C(=O)Nc2cc(Cl)cc(Cl)c2)cc1Cl. The number of amides is 2. The van der Waals surface area contributed by atoms with E-state index in [4.69, 9.17) is 40.5 Å². The fourth-order valence-corrected chi connectivity index (χ4v) is 2.31. The fraction of sp³-hybridized carbons (Fsp3) is 0. The molecule has 114 valence electrons. The molecule has 2 rings (SSSR count). The van der Waals surface area contributed by atoms with E-state index in [1.54, 1.807) is 0 Å². The van der Waals surface area contributed by atoms with Crippen LogP contribution in [0.5, 0.6) is 0 Å². The number of nitrogens with one attached hydrogen (secondary N) is 2. The van der Waals surface area contributed by atoms with E-state index in [0.29, 0.717) is 27.1 Å². The van der Waals surface area contributed by atoms with Crippen molar-refractivity contribution in [3.8, 4) is 0 Å². The van der Waals surface area contributed by atoms with Crippen molar-refractivity contribution in [1.29, 1.82) is 0 Å². The number of carbonyl (C=O) groups excluding carboxylic acids is 2. The van der Waals surface area contributed by atoms with E-state index in [1.807, 2.05) is 0 Å². The van der Waals surface area contributed by atoms with E-state index in [2.05, 4.69) is 10.6 Å². The van der Waals surface area contributed by atoms with Gasteiger partial charge < -0.3 is 16.4 Å². The smallest absolute Gasteiger partial charge is 0.314 e. The first kappa shape index (κ1) is 16.4. The third-order valence-corrected chi connectivity index (χ3v) is 3.35. The summed E-state index contributed by atoms with van der Waals surface area (Å²) in [4.78, 5) is 23.6. The molecule has 0 aromatic heterocycles. The van der Waals surface area contributed by atoms with Crippen molar-refractivity contribution in [2.24, 2.45) is 0 Å². The summed E-state index contributed by atoms with van der Waals surface area (Å²) in [6.45, 7) is 0. The van der Waals surface area contributed by atoms with Crippen molar-refractivity contribution in [2.75, 3.05) is 16.4 Å². The Balaban J connectivity index is 2.05. The molecule has 0 unspecified atom stereocenters. The van der Waals surface area contributed by atoms with Crippen LogP contribution in [0.3, 0.4) is 0 Å². The summed E-state index contributed by atoms with van der Waals surface area (Å²) in [5.74, 6) is -1.73. The molecule has 0 aliphatic rings. The highest BCUT2D eigenvalue weighted by molar-refractivity contribution is 6.44. The van der Waals surface area contributed by atoms with E-state index < -0.39 is 11.8 Å². The standard InChI is InChI=1S/C14H10Cl3N3O2/c15-7-3-8(16)5-10(4-7)20-14(22)13(21)19-9-1-2-12(18)11(17)6-9/h1-6H,18H2,(H,19,21)(H,20,22). The van der Waals surface area contributed by atoms with Crippen LogP contribution in [-0.4, -0.2) is 11.8 Å². The molecule has 5 nitrogen and oxygen atoms in total. The number of rotatable bonds is 2. The maximum Gasteiger partial charge on any atom is 0.314 e. The van der Waals surface area contributed by atoms with Crippen LogP contribution < -0.4 is 16.4 Å². The minimum atomic E-state index is -0.869. The lowest BCUT2D eigenvalue weighted by molar-refractivity contribution is -0.132. The Morgan fingerprint density at radius 1 is 0.818 bits per heavy atom. The molecule has 8 heteroatoms. The second-order valence-electron chi connectivity index (χ2n) is 4.30. The molecule has 0 bridgehead atoms. The molecule has 0 saturated heterocycles. The monoisotopic (exact) mass is 357 g/mol. The van der Waals surface area contributed by atoms with Crippen LogP contribution in [0, 0.1) is 0 Å². The van der Waals surface area contributed by atoms with Crippen molar-refractivity contribution >= 4 is 63.7 Å². The van der Waals surface area contributed by atoms with Gasteiger partial charge in [0.2, 0.25) is 0 Å². The molecule has 0 aliphatic carbocycles.